The van der Waals surface area contributed by atoms with Crippen molar-refractivity contribution in [2.45, 2.75) is 10.6 Å². The SMILES string of the molecule is Nc1cnccc1SCc1ccc(-c2ccc(Br)cc2)o1. The number of anilines is 1. The van der Waals surface area contributed by atoms with Crippen LogP contribution >= 0.6 is 27.7 Å². The molecule has 0 aliphatic rings. The second kappa shape index (κ2) is 6.37. The first-order chi connectivity index (χ1) is 10.2. The van der Waals surface area contributed by atoms with Crippen molar-refractivity contribution >= 4 is 33.4 Å². The van der Waals surface area contributed by atoms with E-state index in [0.29, 0.717) is 5.69 Å². The van der Waals surface area contributed by atoms with Gasteiger partial charge in [0.1, 0.15) is 11.5 Å². The van der Waals surface area contributed by atoms with E-state index in [0.717, 1.165) is 32.2 Å². The fourth-order valence-electron chi connectivity index (χ4n) is 1.90. The van der Waals surface area contributed by atoms with E-state index in [1.54, 1.807) is 24.2 Å². The topological polar surface area (TPSA) is 52.0 Å². The number of pyridine rings is 1. The van der Waals surface area contributed by atoms with Crippen molar-refractivity contribution in [2.75, 3.05) is 5.73 Å². The molecule has 0 saturated carbocycles. The summed E-state index contributed by atoms with van der Waals surface area (Å²) >= 11 is 5.07. The molecular formula is C16H13BrN2OS. The van der Waals surface area contributed by atoms with Crippen LogP contribution in [-0.4, -0.2) is 4.98 Å². The summed E-state index contributed by atoms with van der Waals surface area (Å²) in [5.74, 6) is 2.54. The summed E-state index contributed by atoms with van der Waals surface area (Å²) in [6, 6.07) is 14.0. The number of nitrogen functional groups attached to an aromatic ring is 1. The molecule has 1 aromatic carbocycles. The van der Waals surface area contributed by atoms with Crippen LogP contribution in [0.4, 0.5) is 5.69 Å². The quantitative estimate of drug-likeness (QED) is 0.666. The minimum Gasteiger partial charge on any atom is -0.460 e. The normalized spacial score (nSPS) is 10.7. The van der Waals surface area contributed by atoms with Crippen molar-refractivity contribution in [2.24, 2.45) is 0 Å². The number of halogens is 1. The number of nitrogens with zero attached hydrogens (tertiary/aromatic N) is 1. The van der Waals surface area contributed by atoms with Crippen LogP contribution < -0.4 is 5.73 Å². The van der Waals surface area contributed by atoms with Crippen molar-refractivity contribution in [3.05, 3.63) is 65.1 Å². The first-order valence-corrected chi connectivity index (χ1v) is 8.17. The Morgan fingerprint density at radius 3 is 2.67 bits per heavy atom. The molecule has 5 heteroatoms. The molecule has 0 amide bonds. The van der Waals surface area contributed by atoms with E-state index in [4.69, 9.17) is 10.2 Å². The highest BCUT2D eigenvalue weighted by Gasteiger charge is 2.06. The Kier molecular flexibility index (Phi) is 4.31. The van der Waals surface area contributed by atoms with Gasteiger partial charge in [0.15, 0.2) is 0 Å². The number of thioether (sulfide) groups is 1. The van der Waals surface area contributed by atoms with Gasteiger partial charge in [0.25, 0.3) is 0 Å². The Morgan fingerprint density at radius 2 is 1.90 bits per heavy atom. The molecule has 0 radical (unpaired) electrons. The van der Waals surface area contributed by atoms with Crippen LogP contribution in [0.1, 0.15) is 5.76 Å². The van der Waals surface area contributed by atoms with E-state index >= 15 is 0 Å². The van der Waals surface area contributed by atoms with Gasteiger partial charge in [0, 0.05) is 21.1 Å². The molecule has 3 rings (SSSR count). The number of hydrogen-bond acceptors (Lipinski definition) is 4. The van der Waals surface area contributed by atoms with Crippen LogP contribution in [0.25, 0.3) is 11.3 Å². The highest BCUT2D eigenvalue weighted by molar-refractivity contribution is 9.10. The van der Waals surface area contributed by atoms with E-state index in [-0.39, 0.29) is 0 Å². The molecule has 2 aromatic heterocycles. The largest absolute Gasteiger partial charge is 0.460 e. The maximum atomic E-state index is 5.88. The Balaban J connectivity index is 1.71. The minimum absolute atomic E-state index is 0.696. The molecule has 2 heterocycles. The molecule has 0 aliphatic carbocycles. The molecule has 3 aromatic rings. The van der Waals surface area contributed by atoms with Gasteiger partial charge in [0.2, 0.25) is 0 Å². The lowest BCUT2D eigenvalue weighted by molar-refractivity contribution is 0.544. The molecule has 21 heavy (non-hydrogen) atoms. The van der Waals surface area contributed by atoms with Gasteiger partial charge in [-0.25, -0.2) is 0 Å². The third kappa shape index (κ3) is 3.49. The Bertz CT molecular complexity index is 740. The smallest absolute Gasteiger partial charge is 0.134 e. The second-order valence-corrected chi connectivity index (χ2v) is 6.41. The average Bonchev–Trinajstić information content (AvgIpc) is 2.96. The number of rotatable bonds is 4. The minimum atomic E-state index is 0.696. The van der Waals surface area contributed by atoms with Gasteiger partial charge in [-0.1, -0.05) is 28.1 Å². The third-order valence-corrected chi connectivity index (χ3v) is 4.61. The van der Waals surface area contributed by atoms with Gasteiger partial charge in [0.05, 0.1) is 17.6 Å². The lowest BCUT2D eigenvalue weighted by Crippen LogP contribution is -1.89. The molecule has 3 nitrogen and oxygen atoms in total. The summed E-state index contributed by atoms with van der Waals surface area (Å²) in [4.78, 5) is 5.01. The van der Waals surface area contributed by atoms with E-state index in [2.05, 4.69) is 20.9 Å². The molecule has 0 atom stereocenters. The maximum absolute atomic E-state index is 5.88. The second-order valence-electron chi connectivity index (χ2n) is 4.48. The zero-order valence-electron chi connectivity index (χ0n) is 11.1. The Hall–Kier alpha value is -1.72. The number of furan rings is 1. The van der Waals surface area contributed by atoms with Gasteiger partial charge in [-0.2, -0.15) is 0 Å². The van der Waals surface area contributed by atoms with Gasteiger partial charge in [-0.15, -0.1) is 11.8 Å². The van der Waals surface area contributed by atoms with E-state index in [1.807, 2.05) is 42.5 Å². The molecule has 106 valence electrons. The zero-order valence-corrected chi connectivity index (χ0v) is 13.5. The summed E-state index contributed by atoms with van der Waals surface area (Å²) in [5, 5.41) is 0. The lowest BCUT2D eigenvalue weighted by Gasteiger charge is -2.02. The highest BCUT2D eigenvalue weighted by atomic mass is 79.9. The maximum Gasteiger partial charge on any atom is 0.134 e. The van der Waals surface area contributed by atoms with Crippen LogP contribution in [0, 0.1) is 0 Å². The van der Waals surface area contributed by atoms with Crippen LogP contribution in [0.2, 0.25) is 0 Å². The first kappa shape index (κ1) is 14.2. The van der Waals surface area contributed by atoms with Gasteiger partial charge < -0.3 is 10.2 Å². The van der Waals surface area contributed by atoms with Crippen LogP contribution in [0.5, 0.6) is 0 Å². The molecule has 0 fully saturated rings. The lowest BCUT2D eigenvalue weighted by atomic mass is 10.2. The predicted molar refractivity (Wildman–Crippen MR) is 90.1 cm³/mol. The fraction of sp³-hybridized carbons (Fsp3) is 0.0625. The predicted octanol–water partition coefficient (Wildman–Crippen LogP) is 4.98. The molecular weight excluding hydrogens is 348 g/mol. The van der Waals surface area contributed by atoms with Crippen molar-refractivity contribution in [3.8, 4) is 11.3 Å². The van der Waals surface area contributed by atoms with Crippen LogP contribution in [0.15, 0.2) is 68.6 Å². The highest BCUT2D eigenvalue weighted by Crippen LogP contribution is 2.30. The fourth-order valence-corrected chi connectivity index (χ4v) is 2.99. The number of hydrogen-bond donors (Lipinski definition) is 1. The summed E-state index contributed by atoms with van der Waals surface area (Å²) < 4.78 is 6.94. The first-order valence-electron chi connectivity index (χ1n) is 6.39. The summed E-state index contributed by atoms with van der Waals surface area (Å²) in [7, 11) is 0. The Labute approximate surface area is 135 Å². The monoisotopic (exact) mass is 360 g/mol. The van der Waals surface area contributed by atoms with Gasteiger partial charge in [-0.3, -0.25) is 4.98 Å². The molecule has 0 bridgehead atoms. The van der Waals surface area contributed by atoms with Gasteiger partial charge >= 0.3 is 0 Å². The molecule has 0 saturated heterocycles. The molecule has 0 unspecified atom stereocenters. The van der Waals surface area contributed by atoms with E-state index in [1.165, 1.54) is 0 Å². The standard InChI is InChI=1S/C16H13BrN2OS/c17-12-3-1-11(2-4-12)15-6-5-13(20-15)10-21-16-7-8-19-9-14(16)18/h1-9H,10,18H2. The summed E-state index contributed by atoms with van der Waals surface area (Å²) in [6.45, 7) is 0. The molecule has 0 spiro atoms. The van der Waals surface area contributed by atoms with Crippen molar-refractivity contribution in [1.29, 1.82) is 0 Å². The Morgan fingerprint density at radius 1 is 1.10 bits per heavy atom. The van der Waals surface area contributed by atoms with Crippen LogP contribution in [0.3, 0.4) is 0 Å². The number of benzene rings is 1. The van der Waals surface area contributed by atoms with Crippen LogP contribution in [-0.2, 0) is 5.75 Å². The molecule has 0 aliphatic heterocycles. The third-order valence-electron chi connectivity index (χ3n) is 2.97. The average molecular weight is 361 g/mol. The van der Waals surface area contributed by atoms with Crippen molar-refractivity contribution in [3.63, 3.8) is 0 Å². The van der Waals surface area contributed by atoms with Crippen molar-refractivity contribution in [1.82, 2.24) is 4.98 Å². The molecule has 2 N–H and O–H groups in total. The zero-order chi connectivity index (χ0) is 14.7. The summed E-state index contributed by atoms with van der Waals surface area (Å²) in [5.41, 5.74) is 7.64. The van der Waals surface area contributed by atoms with E-state index in [9.17, 15) is 0 Å². The van der Waals surface area contributed by atoms with E-state index < -0.39 is 0 Å². The number of aromatic nitrogens is 1. The summed E-state index contributed by atoms with van der Waals surface area (Å²) in [6.07, 6.45) is 3.41. The van der Waals surface area contributed by atoms with Crippen molar-refractivity contribution < 1.29 is 4.42 Å². The van der Waals surface area contributed by atoms with Gasteiger partial charge in [-0.05, 0) is 30.3 Å². The number of nitrogens with two attached hydrogens (primary N) is 1.